The molecule has 0 radical (unpaired) electrons. The largest absolute Gasteiger partial charge is 0.354 e. The molecule has 0 saturated heterocycles. The van der Waals surface area contributed by atoms with Crippen LogP contribution in [0, 0.1) is 0 Å². The Morgan fingerprint density at radius 3 is 1.56 bits per heavy atom. The molecular formula is C57H42N2. The van der Waals surface area contributed by atoms with Crippen LogP contribution in [0.1, 0.15) is 22.3 Å². The number of H-pyrrole nitrogens is 1. The van der Waals surface area contributed by atoms with Crippen LogP contribution in [0.3, 0.4) is 0 Å². The van der Waals surface area contributed by atoms with Gasteiger partial charge in [0.2, 0.25) is 0 Å². The summed E-state index contributed by atoms with van der Waals surface area (Å²) >= 11 is 0. The highest BCUT2D eigenvalue weighted by molar-refractivity contribution is 6.12. The molecule has 0 atom stereocenters. The zero-order valence-corrected chi connectivity index (χ0v) is 32.7. The Bertz CT molecular complexity index is 3030. The summed E-state index contributed by atoms with van der Waals surface area (Å²) in [7, 11) is 0. The lowest BCUT2D eigenvalue weighted by molar-refractivity contribution is 0.520. The van der Waals surface area contributed by atoms with Gasteiger partial charge in [-0.1, -0.05) is 176 Å². The van der Waals surface area contributed by atoms with E-state index in [2.05, 4.69) is 234 Å². The van der Waals surface area contributed by atoms with Gasteiger partial charge in [-0.05, 0) is 111 Å². The Labute approximate surface area is 345 Å². The number of aromatic nitrogens is 1. The Kier molecular flexibility index (Phi) is 8.56. The maximum absolute atomic E-state index is 3.79. The minimum absolute atomic E-state index is 0.354. The number of hydrogen-bond donors (Lipinski definition) is 1. The van der Waals surface area contributed by atoms with Crippen LogP contribution < -0.4 is 4.90 Å². The van der Waals surface area contributed by atoms with Gasteiger partial charge in [0.25, 0.3) is 0 Å². The summed E-state index contributed by atoms with van der Waals surface area (Å²) in [4.78, 5) is 6.20. The third kappa shape index (κ3) is 6.13. The smallest absolute Gasteiger partial charge is 0.0544 e. The number of aromatic amines is 1. The number of para-hydroxylation sites is 3. The third-order valence-electron chi connectivity index (χ3n) is 12.4. The number of anilines is 3. The normalized spacial score (nSPS) is 12.7. The first kappa shape index (κ1) is 34.8. The molecule has 11 rings (SSSR count). The van der Waals surface area contributed by atoms with Crippen LogP contribution in [0.15, 0.2) is 224 Å². The Morgan fingerprint density at radius 2 is 0.864 bits per heavy atom. The van der Waals surface area contributed by atoms with Crippen LogP contribution in [0.4, 0.5) is 17.1 Å². The van der Waals surface area contributed by atoms with Gasteiger partial charge in [-0.2, -0.15) is 0 Å². The lowest BCUT2D eigenvalue weighted by atomic mass is 9.69. The summed E-state index contributed by atoms with van der Waals surface area (Å²) in [6.45, 7) is 0. The highest BCUT2D eigenvalue weighted by Gasteiger charge is 2.44. The lowest BCUT2D eigenvalue weighted by Gasteiger charge is -2.34. The molecule has 2 heteroatoms. The van der Waals surface area contributed by atoms with Crippen LogP contribution in [0.25, 0.3) is 55.2 Å². The molecule has 0 saturated carbocycles. The van der Waals surface area contributed by atoms with Gasteiger partial charge in [-0.25, -0.2) is 0 Å². The van der Waals surface area contributed by atoms with Crippen molar-refractivity contribution >= 4 is 38.9 Å². The zero-order chi connectivity index (χ0) is 39.2. The summed E-state index contributed by atoms with van der Waals surface area (Å²) < 4.78 is 0. The topological polar surface area (TPSA) is 19.0 Å². The number of rotatable bonds is 9. The summed E-state index contributed by atoms with van der Waals surface area (Å²) in [5.41, 5.74) is 18.3. The van der Waals surface area contributed by atoms with Crippen molar-refractivity contribution in [1.29, 1.82) is 0 Å². The molecule has 0 unspecified atom stereocenters. The predicted octanol–water partition coefficient (Wildman–Crippen LogP) is 14.9. The average Bonchev–Trinajstić information content (AvgIpc) is 3.81. The van der Waals surface area contributed by atoms with Crippen LogP contribution >= 0.6 is 0 Å². The molecule has 1 heterocycles. The fourth-order valence-electron chi connectivity index (χ4n) is 9.69. The van der Waals surface area contributed by atoms with Crippen molar-refractivity contribution in [2.45, 2.75) is 18.3 Å². The van der Waals surface area contributed by atoms with Gasteiger partial charge in [-0.15, -0.1) is 0 Å². The van der Waals surface area contributed by atoms with E-state index in [1.165, 1.54) is 71.9 Å². The maximum atomic E-state index is 3.79. The van der Waals surface area contributed by atoms with Crippen LogP contribution in [-0.2, 0) is 18.3 Å². The highest BCUT2D eigenvalue weighted by atomic mass is 15.1. The van der Waals surface area contributed by atoms with Gasteiger partial charge in [0.1, 0.15) is 0 Å². The van der Waals surface area contributed by atoms with Crippen molar-refractivity contribution in [3.8, 4) is 33.4 Å². The molecular weight excluding hydrogens is 713 g/mol. The SMILES string of the molecule is c1ccc(CC2(Cc3ccccc3)c3cc(-c4cccc5c4[nH]c4ccccc45)ccc3-c3ccc(N(c4ccccc4)c4ccc(-c5ccccc5)cc4)cc32)cc1. The molecule has 1 aliphatic carbocycles. The summed E-state index contributed by atoms with van der Waals surface area (Å²) in [6.07, 6.45) is 1.73. The molecule has 0 amide bonds. The second kappa shape index (κ2) is 14.5. The molecule has 59 heavy (non-hydrogen) atoms. The lowest BCUT2D eigenvalue weighted by Crippen LogP contribution is -2.31. The van der Waals surface area contributed by atoms with Crippen molar-refractivity contribution in [2.75, 3.05) is 4.90 Å². The maximum Gasteiger partial charge on any atom is 0.0544 e. The second-order valence-corrected chi connectivity index (χ2v) is 15.9. The molecule has 280 valence electrons. The Hall–Kier alpha value is -7.42. The van der Waals surface area contributed by atoms with Crippen molar-refractivity contribution in [3.63, 3.8) is 0 Å². The van der Waals surface area contributed by atoms with E-state index in [0.717, 1.165) is 35.4 Å². The molecule has 10 aromatic rings. The van der Waals surface area contributed by atoms with Crippen molar-refractivity contribution in [2.24, 2.45) is 0 Å². The van der Waals surface area contributed by atoms with Gasteiger partial charge in [0.15, 0.2) is 0 Å². The third-order valence-corrected chi connectivity index (χ3v) is 12.4. The first-order valence-corrected chi connectivity index (χ1v) is 20.6. The van der Waals surface area contributed by atoms with E-state index in [1.54, 1.807) is 0 Å². The first-order valence-electron chi connectivity index (χ1n) is 20.6. The quantitative estimate of drug-likeness (QED) is 0.155. The molecule has 1 N–H and O–H groups in total. The van der Waals surface area contributed by atoms with Crippen LogP contribution in [0.2, 0.25) is 0 Å². The standard InChI is InChI=1S/C57H42N2/c1-5-16-40(17-6-1)38-57(39-41-18-7-2-8-19-41)53-36-44(48-25-15-26-52-51-24-13-14-27-55(51)58-56(48)52)30-34-49(53)50-35-33-47(37-54(50)57)59(45-22-11-4-12-23-45)46-31-28-43(29-32-46)42-20-9-3-10-21-42/h1-37,58H,38-39H2. The summed E-state index contributed by atoms with van der Waals surface area (Å²) in [5.74, 6) is 0. The molecule has 1 aliphatic rings. The van der Waals surface area contributed by atoms with Gasteiger partial charge in [0.05, 0.1) is 5.52 Å². The van der Waals surface area contributed by atoms with Gasteiger partial charge >= 0.3 is 0 Å². The molecule has 9 aromatic carbocycles. The average molecular weight is 755 g/mol. The molecule has 2 nitrogen and oxygen atoms in total. The van der Waals surface area contributed by atoms with Gasteiger partial charge in [0, 0.05) is 44.3 Å². The number of nitrogens with zero attached hydrogens (tertiary/aromatic N) is 1. The Morgan fingerprint density at radius 1 is 0.356 bits per heavy atom. The fourth-order valence-corrected chi connectivity index (χ4v) is 9.69. The van der Waals surface area contributed by atoms with E-state index in [4.69, 9.17) is 0 Å². The minimum Gasteiger partial charge on any atom is -0.354 e. The second-order valence-electron chi connectivity index (χ2n) is 15.9. The van der Waals surface area contributed by atoms with Crippen molar-refractivity contribution in [3.05, 3.63) is 247 Å². The molecule has 1 aromatic heterocycles. The zero-order valence-electron chi connectivity index (χ0n) is 32.7. The molecule has 0 fully saturated rings. The fraction of sp³-hybridized carbons (Fsp3) is 0.0526. The number of benzene rings is 9. The summed E-state index contributed by atoms with van der Waals surface area (Å²) in [6, 6.07) is 82.4. The van der Waals surface area contributed by atoms with E-state index in [1.807, 2.05) is 0 Å². The highest BCUT2D eigenvalue weighted by Crippen LogP contribution is 2.55. The first-order chi connectivity index (χ1) is 29.2. The molecule has 0 bridgehead atoms. The van der Waals surface area contributed by atoms with E-state index in [-0.39, 0.29) is 5.41 Å². The minimum atomic E-state index is -0.354. The molecule has 0 spiro atoms. The monoisotopic (exact) mass is 754 g/mol. The van der Waals surface area contributed by atoms with Crippen LogP contribution in [-0.4, -0.2) is 4.98 Å². The van der Waals surface area contributed by atoms with Gasteiger partial charge < -0.3 is 9.88 Å². The van der Waals surface area contributed by atoms with Crippen LogP contribution in [0.5, 0.6) is 0 Å². The van der Waals surface area contributed by atoms with Crippen molar-refractivity contribution < 1.29 is 0 Å². The number of fused-ring (bicyclic) bond motifs is 6. The predicted molar refractivity (Wildman–Crippen MR) is 248 cm³/mol. The number of nitrogens with one attached hydrogen (secondary N) is 1. The van der Waals surface area contributed by atoms with Gasteiger partial charge in [-0.3, -0.25) is 0 Å². The summed E-state index contributed by atoms with van der Waals surface area (Å²) in [5, 5.41) is 2.51. The molecule has 0 aliphatic heterocycles. The van der Waals surface area contributed by atoms with E-state index in [0.29, 0.717) is 0 Å². The van der Waals surface area contributed by atoms with E-state index < -0.39 is 0 Å². The van der Waals surface area contributed by atoms with E-state index in [9.17, 15) is 0 Å². The van der Waals surface area contributed by atoms with Crippen molar-refractivity contribution in [1.82, 2.24) is 4.98 Å². The Balaban J connectivity index is 1.12. The van der Waals surface area contributed by atoms with E-state index >= 15 is 0 Å². The number of hydrogen-bond acceptors (Lipinski definition) is 1.